The van der Waals surface area contributed by atoms with Crippen LogP contribution in [0.4, 0.5) is 0 Å². The van der Waals surface area contributed by atoms with E-state index in [0.29, 0.717) is 0 Å². The number of esters is 1. The van der Waals surface area contributed by atoms with E-state index in [9.17, 15) is 13.2 Å². The van der Waals surface area contributed by atoms with Crippen LogP contribution in [-0.2, 0) is 19.6 Å². The van der Waals surface area contributed by atoms with Gasteiger partial charge in [0.2, 0.25) is 0 Å². The van der Waals surface area contributed by atoms with Crippen LogP contribution in [0.1, 0.15) is 12.8 Å². The molecule has 2 aromatic rings. The zero-order valence-electron chi connectivity index (χ0n) is 13.3. The highest BCUT2D eigenvalue weighted by molar-refractivity contribution is 7.85. The van der Waals surface area contributed by atoms with Gasteiger partial charge in [-0.05, 0) is 24.2 Å². The lowest BCUT2D eigenvalue weighted by molar-refractivity contribution is -0.140. The van der Waals surface area contributed by atoms with Crippen molar-refractivity contribution >= 4 is 26.9 Å². The van der Waals surface area contributed by atoms with Crippen LogP contribution in [-0.4, -0.2) is 38.9 Å². The largest absolute Gasteiger partial charge is 0.469 e. The Morgan fingerprint density at radius 1 is 1.04 bits per heavy atom. The highest BCUT2D eigenvalue weighted by atomic mass is 32.2. The standard InChI is InChI=1S/C10H8.C5H10O5S.CH5N/c1-2-6-10-8-4-3-7-9(10)5-1;1-10-5(6)3-2-4-11(7,8)9;1-2/h1-8H;2-4H2,1H3,(H,7,8,9);2H2,1H3. The quantitative estimate of drug-likeness (QED) is 0.652. The maximum Gasteiger partial charge on any atom is 0.305 e. The normalized spacial score (nSPS) is 9.91. The summed E-state index contributed by atoms with van der Waals surface area (Å²) in [4.78, 5) is 10.4. The molecule has 0 spiro atoms. The number of benzene rings is 2. The first-order valence-electron chi connectivity index (χ1n) is 6.96. The topological polar surface area (TPSA) is 107 Å². The average molecular weight is 341 g/mol. The molecule has 0 amide bonds. The molecule has 0 heterocycles. The van der Waals surface area contributed by atoms with E-state index in [0.717, 1.165) is 0 Å². The van der Waals surface area contributed by atoms with Crippen LogP contribution < -0.4 is 5.73 Å². The second-order valence-electron chi connectivity index (χ2n) is 4.31. The van der Waals surface area contributed by atoms with Gasteiger partial charge in [-0.15, -0.1) is 0 Å². The van der Waals surface area contributed by atoms with Gasteiger partial charge in [-0.25, -0.2) is 0 Å². The third-order valence-corrected chi connectivity index (χ3v) is 3.47. The van der Waals surface area contributed by atoms with Crippen LogP contribution in [0.15, 0.2) is 48.5 Å². The lowest BCUT2D eigenvalue weighted by atomic mass is 10.1. The fourth-order valence-corrected chi connectivity index (χ4v) is 2.14. The molecule has 0 radical (unpaired) electrons. The Balaban J connectivity index is 0.000000380. The molecule has 128 valence electrons. The molecule has 23 heavy (non-hydrogen) atoms. The van der Waals surface area contributed by atoms with E-state index in [1.165, 1.54) is 24.9 Å². The van der Waals surface area contributed by atoms with Gasteiger partial charge in [-0.3, -0.25) is 9.35 Å². The molecule has 3 N–H and O–H groups in total. The molecule has 2 aromatic carbocycles. The van der Waals surface area contributed by atoms with Crippen molar-refractivity contribution in [1.29, 1.82) is 0 Å². The molecule has 7 heteroatoms. The predicted octanol–water partition coefficient (Wildman–Crippen LogP) is 2.24. The van der Waals surface area contributed by atoms with Crippen molar-refractivity contribution in [3.05, 3.63) is 48.5 Å². The maximum atomic E-state index is 10.4. The van der Waals surface area contributed by atoms with E-state index in [4.69, 9.17) is 4.55 Å². The lowest BCUT2D eigenvalue weighted by Crippen LogP contribution is -2.07. The van der Waals surface area contributed by atoms with Crippen molar-refractivity contribution in [2.24, 2.45) is 5.73 Å². The molecular formula is C16H23NO5S. The zero-order chi connectivity index (χ0) is 17.7. The Bertz CT molecular complexity index is 620. The Kier molecular flexibility index (Phi) is 10.6. The lowest BCUT2D eigenvalue weighted by Gasteiger charge is -1.96. The minimum Gasteiger partial charge on any atom is -0.469 e. The van der Waals surface area contributed by atoms with Crippen molar-refractivity contribution in [1.82, 2.24) is 0 Å². The van der Waals surface area contributed by atoms with E-state index in [2.05, 4.69) is 59.0 Å². The number of nitrogens with two attached hydrogens (primary N) is 1. The summed E-state index contributed by atoms with van der Waals surface area (Å²) in [5.74, 6) is -0.879. The van der Waals surface area contributed by atoms with Gasteiger partial charge in [0.15, 0.2) is 0 Å². The summed E-state index contributed by atoms with van der Waals surface area (Å²) in [6.45, 7) is 0. The predicted molar refractivity (Wildman–Crippen MR) is 91.7 cm³/mol. The summed E-state index contributed by atoms with van der Waals surface area (Å²) in [5.41, 5.74) is 4.50. The molecule has 0 unspecified atom stereocenters. The fraction of sp³-hybridized carbons (Fsp3) is 0.312. The summed E-state index contributed by atoms with van der Waals surface area (Å²) >= 11 is 0. The number of carbonyl (C=O) groups excluding carboxylic acids is 1. The number of ether oxygens (including phenoxy) is 1. The first-order chi connectivity index (χ1) is 10.9. The molecule has 0 saturated carbocycles. The molecule has 0 bridgehead atoms. The van der Waals surface area contributed by atoms with Crippen LogP contribution in [0.5, 0.6) is 0 Å². The van der Waals surface area contributed by atoms with Crippen LogP contribution in [0, 0.1) is 0 Å². The molecule has 0 aromatic heterocycles. The maximum absolute atomic E-state index is 10.4. The molecule has 0 aliphatic heterocycles. The highest BCUT2D eigenvalue weighted by Crippen LogP contribution is 2.11. The van der Waals surface area contributed by atoms with Gasteiger partial charge in [0.25, 0.3) is 10.1 Å². The number of rotatable bonds is 4. The average Bonchev–Trinajstić information content (AvgIpc) is 2.56. The Morgan fingerprint density at radius 2 is 1.43 bits per heavy atom. The van der Waals surface area contributed by atoms with Gasteiger partial charge in [-0.2, -0.15) is 8.42 Å². The van der Waals surface area contributed by atoms with Crippen LogP contribution in [0.3, 0.4) is 0 Å². The zero-order valence-corrected chi connectivity index (χ0v) is 14.1. The Hall–Kier alpha value is -1.96. The molecule has 2 rings (SSSR count). The molecular weight excluding hydrogens is 318 g/mol. The molecule has 0 aliphatic rings. The van der Waals surface area contributed by atoms with Crippen molar-refractivity contribution in [3.8, 4) is 0 Å². The number of methoxy groups -OCH3 is 1. The third-order valence-electron chi connectivity index (χ3n) is 2.67. The van der Waals surface area contributed by atoms with Gasteiger partial charge in [-0.1, -0.05) is 48.5 Å². The third kappa shape index (κ3) is 10.4. The number of carbonyl (C=O) groups is 1. The van der Waals surface area contributed by atoms with Crippen molar-refractivity contribution < 1.29 is 22.5 Å². The molecule has 0 fully saturated rings. The summed E-state index contributed by atoms with van der Waals surface area (Å²) in [6.07, 6.45) is 0.0990. The minimum absolute atomic E-state index is 0.0102. The molecule has 0 saturated heterocycles. The number of fused-ring (bicyclic) bond motifs is 1. The van der Waals surface area contributed by atoms with Gasteiger partial charge in [0.1, 0.15) is 0 Å². The van der Waals surface area contributed by atoms with E-state index < -0.39 is 21.8 Å². The summed E-state index contributed by atoms with van der Waals surface area (Å²) in [6, 6.07) is 16.7. The van der Waals surface area contributed by atoms with Gasteiger partial charge < -0.3 is 10.5 Å². The molecule has 0 atom stereocenters. The summed E-state index contributed by atoms with van der Waals surface area (Å²) < 4.78 is 32.7. The number of hydrogen-bond donors (Lipinski definition) is 2. The van der Waals surface area contributed by atoms with E-state index in [1.807, 2.05) is 0 Å². The van der Waals surface area contributed by atoms with E-state index >= 15 is 0 Å². The highest BCUT2D eigenvalue weighted by Gasteiger charge is 2.06. The second kappa shape index (κ2) is 11.6. The molecule has 0 aliphatic carbocycles. The Morgan fingerprint density at radius 3 is 1.74 bits per heavy atom. The van der Waals surface area contributed by atoms with Crippen LogP contribution in [0.25, 0.3) is 10.8 Å². The minimum atomic E-state index is -3.94. The second-order valence-corrected chi connectivity index (χ2v) is 5.88. The molecule has 6 nitrogen and oxygen atoms in total. The van der Waals surface area contributed by atoms with Crippen molar-refractivity contribution in [3.63, 3.8) is 0 Å². The smallest absolute Gasteiger partial charge is 0.305 e. The van der Waals surface area contributed by atoms with Gasteiger partial charge in [0, 0.05) is 6.42 Å². The van der Waals surface area contributed by atoms with Crippen molar-refractivity contribution in [2.75, 3.05) is 19.9 Å². The fourth-order valence-electron chi connectivity index (χ4n) is 1.63. The van der Waals surface area contributed by atoms with Crippen molar-refractivity contribution in [2.45, 2.75) is 12.8 Å². The Labute approximate surface area is 137 Å². The summed E-state index contributed by atoms with van der Waals surface area (Å²) in [5, 5.41) is 2.62. The van der Waals surface area contributed by atoms with Gasteiger partial charge in [0.05, 0.1) is 12.9 Å². The van der Waals surface area contributed by atoms with Crippen LogP contribution >= 0.6 is 0 Å². The summed E-state index contributed by atoms with van der Waals surface area (Å²) in [7, 11) is -1.22. The first-order valence-corrected chi connectivity index (χ1v) is 8.57. The van der Waals surface area contributed by atoms with Gasteiger partial charge >= 0.3 is 5.97 Å². The number of hydrogen-bond acceptors (Lipinski definition) is 5. The van der Waals surface area contributed by atoms with E-state index in [-0.39, 0.29) is 12.8 Å². The SMILES string of the molecule is CN.COC(=O)CCCS(=O)(=O)O.c1ccc2ccccc2c1. The van der Waals surface area contributed by atoms with Crippen LogP contribution in [0.2, 0.25) is 0 Å². The van der Waals surface area contributed by atoms with E-state index in [1.54, 1.807) is 0 Å². The first kappa shape index (κ1) is 21.0. The monoisotopic (exact) mass is 341 g/mol.